The first-order chi connectivity index (χ1) is 5.27. The van der Waals surface area contributed by atoms with Crippen LogP contribution in [0.25, 0.3) is 0 Å². The lowest BCUT2D eigenvalue weighted by Crippen LogP contribution is -2.21. The van der Waals surface area contributed by atoms with Gasteiger partial charge >= 0.3 is 0 Å². The molecule has 0 saturated carbocycles. The monoisotopic (exact) mass is 164 g/mol. The molecule has 1 fully saturated rings. The van der Waals surface area contributed by atoms with Crippen LogP contribution in [-0.2, 0) is 9.47 Å². The van der Waals surface area contributed by atoms with E-state index in [9.17, 15) is 4.39 Å². The van der Waals surface area contributed by atoms with E-state index in [2.05, 4.69) is 0 Å². The minimum Gasteiger partial charge on any atom is -0.394 e. The molecule has 0 aromatic carbocycles. The summed E-state index contributed by atoms with van der Waals surface area (Å²) in [5, 5.41) is 8.60. The number of rotatable bonds is 3. The van der Waals surface area contributed by atoms with Gasteiger partial charge in [0, 0.05) is 13.0 Å². The maximum atomic E-state index is 12.8. The zero-order valence-electron chi connectivity index (χ0n) is 6.50. The van der Waals surface area contributed by atoms with Gasteiger partial charge in [-0.25, -0.2) is 4.39 Å². The predicted molar refractivity (Wildman–Crippen MR) is 36.9 cm³/mol. The van der Waals surface area contributed by atoms with Crippen LogP contribution in [0.4, 0.5) is 4.39 Å². The lowest BCUT2D eigenvalue weighted by Gasteiger charge is -2.10. The van der Waals surface area contributed by atoms with Gasteiger partial charge in [-0.2, -0.15) is 0 Å². The molecule has 0 amide bonds. The summed E-state index contributed by atoms with van der Waals surface area (Å²) >= 11 is 0. The zero-order chi connectivity index (χ0) is 8.27. The fourth-order valence-electron chi connectivity index (χ4n) is 1.12. The summed E-state index contributed by atoms with van der Waals surface area (Å²) in [5.74, 6) is 0. The Kier molecular flexibility index (Phi) is 3.23. The Hall–Kier alpha value is -0.190. The third-order valence-corrected chi connectivity index (χ3v) is 1.68. The Morgan fingerprint density at radius 3 is 2.91 bits per heavy atom. The summed E-state index contributed by atoms with van der Waals surface area (Å²) in [7, 11) is 0. The molecule has 1 aliphatic rings. The summed E-state index contributed by atoms with van der Waals surface area (Å²) in [4.78, 5) is 0. The van der Waals surface area contributed by atoms with E-state index in [1.165, 1.54) is 0 Å². The highest BCUT2D eigenvalue weighted by molar-refractivity contribution is 4.77. The molecule has 1 heterocycles. The average Bonchev–Trinajstić information content (AvgIpc) is 2.32. The molecule has 0 bridgehead atoms. The maximum absolute atomic E-state index is 12.8. The van der Waals surface area contributed by atoms with Crippen molar-refractivity contribution in [3.8, 4) is 0 Å². The van der Waals surface area contributed by atoms with E-state index in [0.29, 0.717) is 6.61 Å². The number of aliphatic hydroxyl groups is 1. The molecule has 4 heteroatoms. The van der Waals surface area contributed by atoms with Crippen LogP contribution in [0.5, 0.6) is 0 Å². The summed E-state index contributed by atoms with van der Waals surface area (Å²) in [6, 6.07) is 0. The molecule has 1 rings (SSSR count). The van der Waals surface area contributed by atoms with Crippen molar-refractivity contribution in [1.82, 2.24) is 0 Å². The van der Waals surface area contributed by atoms with Crippen LogP contribution < -0.4 is 0 Å². The molecular weight excluding hydrogens is 151 g/mol. The van der Waals surface area contributed by atoms with Crippen molar-refractivity contribution in [2.45, 2.75) is 31.9 Å². The second-order valence-electron chi connectivity index (χ2n) is 2.49. The Labute approximate surface area is 65.1 Å². The van der Waals surface area contributed by atoms with E-state index in [1.54, 1.807) is 0 Å². The lowest BCUT2D eigenvalue weighted by atomic mass is 10.2. The van der Waals surface area contributed by atoms with Crippen molar-refractivity contribution < 1.29 is 19.0 Å². The highest BCUT2D eigenvalue weighted by Gasteiger charge is 2.35. The maximum Gasteiger partial charge on any atom is 0.161 e. The van der Waals surface area contributed by atoms with Gasteiger partial charge in [0.1, 0.15) is 12.3 Å². The van der Waals surface area contributed by atoms with E-state index in [-0.39, 0.29) is 13.0 Å². The molecule has 0 aromatic heterocycles. The van der Waals surface area contributed by atoms with Crippen LogP contribution in [0, 0.1) is 0 Å². The molecule has 0 aromatic rings. The number of halogens is 1. The third kappa shape index (κ3) is 2.12. The smallest absolute Gasteiger partial charge is 0.161 e. The van der Waals surface area contributed by atoms with Crippen molar-refractivity contribution in [3.63, 3.8) is 0 Å². The zero-order valence-corrected chi connectivity index (χ0v) is 6.50. The second kappa shape index (κ2) is 3.99. The van der Waals surface area contributed by atoms with Gasteiger partial charge < -0.3 is 14.6 Å². The van der Waals surface area contributed by atoms with Crippen LogP contribution in [0.3, 0.4) is 0 Å². The first-order valence-electron chi connectivity index (χ1n) is 3.80. The molecule has 3 atom stereocenters. The molecular formula is C7H13FO3. The number of hydrogen-bond acceptors (Lipinski definition) is 3. The Morgan fingerprint density at radius 2 is 2.45 bits per heavy atom. The molecule has 1 N–H and O–H groups in total. The minimum absolute atomic E-state index is 0.235. The fourth-order valence-corrected chi connectivity index (χ4v) is 1.12. The quantitative estimate of drug-likeness (QED) is 0.659. The summed E-state index contributed by atoms with van der Waals surface area (Å²) < 4.78 is 22.8. The van der Waals surface area contributed by atoms with Gasteiger partial charge in [0.2, 0.25) is 0 Å². The van der Waals surface area contributed by atoms with E-state index in [1.807, 2.05) is 6.92 Å². The number of hydrogen-bond donors (Lipinski definition) is 1. The Morgan fingerprint density at radius 1 is 1.73 bits per heavy atom. The predicted octanol–water partition coefficient (Wildman–Crippen LogP) is 0.468. The van der Waals surface area contributed by atoms with Crippen LogP contribution in [0.2, 0.25) is 0 Å². The molecule has 0 aliphatic carbocycles. The van der Waals surface area contributed by atoms with Gasteiger partial charge in [0.15, 0.2) is 6.29 Å². The van der Waals surface area contributed by atoms with Gasteiger partial charge in [-0.15, -0.1) is 0 Å². The van der Waals surface area contributed by atoms with Crippen molar-refractivity contribution >= 4 is 0 Å². The lowest BCUT2D eigenvalue weighted by molar-refractivity contribution is -0.138. The standard InChI is InChI=1S/C7H13FO3/c1-2-10-7-3-5(8)6(4-9)11-7/h5-7,9H,2-4H2,1H3. The van der Waals surface area contributed by atoms with Gasteiger partial charge in [-0.05, 0) is 6.92 Å². The van der Waals surface area contributed by atoms with Crippen LogP contribution in [-0.4, -0.2) is 36.9 Å². The van der Waals surface area contributed by atoms with E-state index in [0.717, 1.165) is 0 Å². The molecule has 3 unspecified atom stereocenters. The summed E-state index contributed by atoms with van der Waals surface area (Å²) in [6.45, 7) is 2.06. The third-order valence-electron chi connectivity index (χ3n) is 1.68. The van der Waals surface area contributed by atoms with E-state index in [4.69, 9.17) is 14.6 Å². The highest BCUT2D eigenvalue weighted by Crippen LogP contribution is 2.23. The first-order valence-corrected chi connectivity index (χ1v) is 3.80. The SMILES string of the molecule is CCOC1CC(F)C(CO)O1. The number of ether oxygens (including phenoxy) is 2. The van der Waals surface area contributed by atoms with E-state index < -0.39 is 18.6 Å². The Bertz CT molecular complexity index is 120. The molecule has 11 heavy (non-hydrogen) atoms. The van der Waals surface area contributed by atoms with Gasteiger partial charge in [-0.3, -0.25) is 0 Å². The summed E-state index contributed by atoms with van der Waals surface area (Å²) in [6.07, 6.45) is -2.01. The summed E-state index contributed by atoms with van der Waals surface area (Å²) in [5.41, 5.74) is 0. The molecule has 66 valence electrons. The van der Waals surface area contributed by atoms with Gasteiger partial charge in [0.25, 0.3) is 0 Å². The first kappa shape index (κ1) is 8.90. The average molecular weight is 164 g/mol. The Balaban J connectivity index is 2.30. The van der Waals surface area contributed by atoms with Crippen LogP contribution >= 0.6 is 0 Å². The van der Waals surface area contributed by atoms with Crippen LogP contribution in [0.1, 0.15) is 13.3 Å². The highest BCUT2D eigenvalue weighted by atomic mass is 19.1. The van der Waals surface area contributed by atoms with Crippen molar-refractivity contribution in [2.24, 2.45) is 0 Å². The van der Waals surface area contributed by atoms with Crippen molar-refractivity contribution in [1.29, 1.82) is 0 Å². The molecule has 1 aliphatic heterocycles. The van der Waals surface area contributed by atoms with Gasteiger partial charge in [-0.1, -0.05) is 0 Å². The van der Waals surface area contributed by atoms with E-state index >= 15 is 0 Å². The van der Waals surface area contributed by atoms with Gasteiger partial charge in [0.05, 0.1) is 6.61 Å². The van der Waals surface area contributed by atoms with Crippen molar-refractivity contribution in [2.75, 3.05) is 13.2 Å². The number of alkyl halides is 1. The second-order valence-corrected chi connectivity index (χ2v) is 2.49. The molecule has 1 saturated heterocycles. The van der Waals surface area contributed by atoms with Crippen molar-refractivity contribution in [3.05, 3.63) is 0 Å². The molecule has 3 nitrogen and oxygen atoms in total. The van der Waals surface area contributed by atoms with Crippen LogP contribution in [0.15, 0.2) is 0 Å². The largest absolute Gasteiger partial charge is 0.394 e. The molecule has 0 radical (unpaired) electrons. The normalized spacial score (nSPS) is 37.9. The molecule has 0 spiro atoms. The number of aliphatic hydroxyl groups excluding tert-OH is 1. The fraction of sp³-hybridized carbons (Fsp3) is 1.00. The topological polar surface area (TPSA) is 38.7 Å². The minimum atomic E-state index is -1.09.